The van der Waals surface area contributed by atoms with Crippen molar-refractivity contribution in [1.29, 1.82) is 0 Å². The minimum Gasteiger partial charge on any atom is -0.467 e. The molecule has 148 valence electrons. The minimum absolute atomic E-state index is 0.0264. The average molecular weight is 405 g/mol. The number of nitrogens with two attached hydrogens (primary N) is 1. The predicted octanol–water partition coefficient (Wildman–Crippen LogP) is 2.43. The molecule has 0 spiro atoms. The minimum atomic E-state index is -0.707. The number of rotatable bonds is 7. The molecule has 8 heteroatoms. The van der Waals surface area contributed by atoms with E-state index in [1.807, 2.05) is 36.5 Å². The summed E-state index contributed by atoms with van der Waals surface area (Å²) < 4.78 is 10.6. The molecular formula is C20H23ClN3O4+. The second kappa shape index (κ2) is 8.95. The Morgan fingerprint density at radius 2 is 2.11 bits per heavy atom. The standard InChI is InChI=1S/C20H22ClN3O4/c1-3-27-19(25)17-15(11-22-12(2)13-7-4-5-8-14(13)21)23-20(26)24-18(17)16-9-6-10-28-16/h4-10,12,18,22H,3,11H2,1-2H3,(H2,23,24,26)/p+1/t12-,18-/m0/s1. The van der Waals surface area contributed by atoms with Gasteiger partial charge in [-0.15, -0.1) is 0 Å². The highest BCUT2D eigenvalue weighted by molar-refractivity contribution is 6.31. The summed E-state index contributed by atoms with van der Waals surface area (Å²) in [6.07, 6.45) is 1.50. The van der Waals surface area contributed by atoms with Crippen LogP contribution in [-0.2, 0) is 9.53 Å². The molecule has 2 amide bonds. The van der Waals surface area contributed by atoms with Crippen LogP contribution in [0.4, 0.5) is 4.79 Å². The Bertz CT molecular complexity index is 879. The number of hydrogen-bond donors (Lipinski definition) is 3. The first-order chi connectivity index (χ1) is 13.5. The third kappa shape index (κ3) is 4.37. The number of esters is 1. The fraction of sp³-hybridized carbons (Fsp3) is 0.300. The molecule has 0 unspecified atom stereocenters. The maximum atomic E-state index is 12.6. The van der Waals surface area contributed by atoms with E-state index in [1.165, 1.54) is 6.26 Å². The summed E-state index contributed by atoms with van der Waals surface area (Å²) >= 11 is 6.28. The van der Waals surface area contributed by atoms with Crippen molar-refractivity contribution >= 4 is 23.6 Å². The number of quaternary nitrogens is 1. The van der Waals surface area contributed by atoms with Crippen LogP contribution in [0.2, 0.25) is 5.02 Å². The number of benzene rings is 1. The van der Waals surface area contributed by atoms with Gasteiger partial charge < -0.3 is 25.1 Å². The summed E-state index contributed by atoms with van der Waals surface area (Å²) in [7, 11) is 0. The fourth-order valence-electron chi connectivity index (χ4n) is 3.16. The van der Waals surface area contributed by atoms with Gasteiger partial charge in [0.05, 0.1) is 24.1 Å². The molecule has 7 nitrogen and oxygen atoms in total. The molecule has 0 saturated heterocycles. The van der Waals surface area contributed by atoms with Crippen molar-refractivity contribution in [2.24, 2.45) is 0 Å². The summed E-state index contributed by atoms with van der Waals surface area (Å²) in [5.74, 6) is -0.0280. The third-order valence-electron chi connectivity index (χ3n) is 4.55. The summed E-state index contributed by atoms with van der Waals surface area (Å²) in [4.78, 5) is 24.8. The SMILES string of the molecule is CCOC(=O)C1=C(C[NH2+][C@@H](C)c2ccccc2Cl)NC(=O)N[C@H]1c1ccco1. The van der Waals surface area contributed by atoms with Crippen molar-refractivity contribution in [2.75, 3.05) is 13.2 Å². The van der Waals surface area contributed by atoms with Gasteiger partial charge in [-0.05, 0) is 32.0 Å². The second-order valence-corrected chi connectivity index (χ2v) is 6.82. The summed E-state index contributed by atoms with van der Waals surface area (Å²) in [6, 6.07) is 9.93. The van der Waals surface area contributed by atoms with Crippen molar-refractivity contribution in [3.8, 4) is 0 Å². The van der Waals surface area contributed by atoms with E-state index in [2.05, 4.69) is 10.6 Å². The Morgan fingerprint density at radius 3 is 2.79 bits per heavy atom. The van der Waals surface area contributed by atoms with Crippen molar-refractivity contribution < 1.29 is 24.1 Å². The van der Waals surface area contributed by atoms with Gasteiger partial charge in [0.2, 0.25) is 0 Å². The molecule has 0 saturated carbocycles. The molecule has 1 aliphatic heterocycles. The summed E-state index contributed by atoms with van der Waals surface area (Å²) in [5, 5.41) is 8.15. The van der Waals surface area contributed by atoms with Crippen LogP contribution < -0.4 is 16.0 Å². The lowest BCUT2D eigenvalue weighted by atomic mass is 9.99. The maximum Gasteiger partial charge on any atom is 0.338 e. The summed E-state index contributed by atoms with van der Waals surface area (Å²) in [5.41, 5.74) is 1.80. The number of urea groups is 1. The first-order valence-electron chi connectivity index (χ1n) is 9.10. The number of ether oxygens (including phenoxy) is 1. The van der Waals surface area contributed by atoms with Crippen LogP contribution in [0.5, 0.6) is 0 Å². The Labute approximate surface area is 168 Å². The van der Waals surface area contributed by atoms with Gasteiger partial charge in [-0.1, -0.05) is 29.8 Å². The van der Waals surface area contributed by atoms with Crippen LogP contribution in [-0.4, -0.2) is 25.2 Å². The van der Waals surface area contributed by atoms with E-state index in [1.54, 1.807) is 19.1 Å². The number of carbonyl (C=O) groups excluding carboxylic acids is 2. The van der Waals surface area contributed by atoms with E-state index in [0.29, 0.717) is 28.6 Å². The highest BCUT2D eigenvalue weighted by Crippen LogP contribution is 2.28. The zero-order valence-corrected chi connectivity index (χ0v) is 16.5. The lowest BCUT2D eigenvalue weighted by Crippen LogP contribution is -2.86. The average Bonchev–Trinajstić information content (AvgIpc) is 3.20. The van der Waals surface area contributed by atoms with Crippen LogP contribution in [0.3, 0.4) is 0 Å². The molecular weight excluding hydrogens is 382 g/mol. The molecule has 2 atom stereocenters. The van der Waals surface area contributed by atoms with Gasteiger partial charge in [0, 0.05) is 10.6 Å². The second-order valence-electron chi connectivity index (χ2n) is 6.41. The van der Waals surface area contributed by atoms with Crippen LogP contribution in [0.1, 0.15) is 37.3 Å². The molecule has 0 radical (unpaired) electrons. The molecule has 1 aliphatic rings. The topological polar surface area (TPSA) is 97.2 Å². The molecule has 1 aromatic carbocycles. The van der Waals surface area contributed by atoms with E-state index in [4.69, 9.17) is 20.8 Å². The highest BCUT2D eigenvalue weighted by Gasteiger charge is 2.36. The summed E-state index contributed by atoms with van der Waals surface area (Å²) in [6.45, 7) is 4.35. The van der Waals surface area contributed by atoms with Gasteiger partial charge in [-0.2, -0.15) is 0 Å². The smallest absolute Gasteiger partial charge is 0.338 e. The van der Waals surface area contributed by atoms with Crippen molar-refractivity contribution in [1.82, 2.24) is 10.6 Å². The van der Waals surface area contributed by atoms with Crippen LogP contribution in [0, 0.1) is 0 Å². The predicted molar refractivity (Wildman–Crippen MR) is 103 cm³/mol. The fourth-order valence-corrected chi connectivity index (χ4v) is 3.47. The quantitative estimate of drug-likeness (QED) is 0.617. The number of furan rings is 1. The molecule has 0 fully saturated rings. The van der Waals surface area contributed by atoms with Crippen LogP contribution in [0.25, 0.3) is 0 Å². The molecule has 3 rings (SSSR count). The zero-order valence-electron chi connectivity index (χ0n) is 15.7. The Morgan fingerprint density at radius 1 is 1.32 bits per heavy atom. The molecule has 2 aromatic rings. The molecule has 4 N–H and O–H groups in total. The largest absolute Gasteiger partial charge is 0.467 e. The van der Waals surface area contributed by atoms with E-state index in [-0.39, 0.29) is 12.6 Å². The van der Waals surface area contributed by atoms with Gasteiger partial charge >= 0.3 is 12.0 Å². The Hall–Kier alpha value is -2.77. The molecule has 0 bridgehead atoms. The van der Waals surface area contributed by atoms with Gasteiger partial charge in [-0.3, -0.25) is 0 Å². The third-order valence-corrected chi connectivity index (χ3v) is 4.89. The van der Waals surface area contributed by atoms with Gasteiger partial charge in [0.25, 0.3) is 0 Å². The first kappa shape index (κ1) is 20.0. The van der Waals surface area contributed by atoms with Crippen LogP contribution >= 0.6 is 11.6 Å². The maximum absolute atomic E-state index is 12.6. The van der Waals surface area contributed by atoms with Crippen molar-refractivity contribution in [3.05, 3.63) is 70.3 Å². The Kier molecular flexibility index (Phi) is 6.38. The number of carbonyl (C=O) groups is 2. The molecule has 0 aliphatic carbocycles. The lowest BCUT2D eigenvalue weighted by molar-refractivity contribution is -0.686. The molecule has 1 aromatic heterocycles. The number of nitrogens with one attached hydrogen (secondary N) is 2. The number of amides is 2. The van der Waals surface area contributed by atoms with Gasteiger partial charge in [-0.25, -0.2) is 9.59 Å². The van der Waals surface area contributed by atoms with Gasteiger partial charge in [0.15, 0.2) is 0 Å². The molecule has 2 heterocycles. The lowest BCUT2D eigenvalue weighted by Gasteiger charge is -2.27. The highest BCUT2D eigenvalue weighted by atomic mass is 35.5. The number of hydrogen-bond acceptors (Lipinski definition) is 4. The van der Waals surface area contributed by atoms with E-state index in [9.17, 15) is 9.59 Å². The number of halogens is 1. The van der Waals surface area contributed by atoms with Crippen molar-refractivity contribution in [3.63, 3.8) is 0 Å². The molecule has 28 heavy (non-hydrogen) atoms. The van der Waals surface area contributed by atoms with Gasteiger partial charge in [0.1, 0.15) is 24.4 Å². The zero-order chi connectivity index (χ0) is 20.1. The Balaban J connectivity index is 1.89. The first-order valence-corrected chi connectivity index (χ1v) is 9.47. The normalized spacial score (nSPS) is 17.7. The van der Waals surface area contributed by atoms with E-state index in [0.717, 1.165) is 5.56 Å². The van der Waals surface area contributed by atoms with E-state index >= 15 is 0 Å². The van der Waals surface area contributed by atoms with Crippen molar-refractivity contribution in [2.45, 2.75) is 25.9 Å². The van der Waals surface area contributed by atoms with E-state index < -0.39 is 18.0 Å². The van der Waals surface area contributed by atoms with Crippen LogP contribution in [0.15, 0.2) is 58.3 Å². The monoisotopic (exact) mass is 404 g/mol.